The van der Waals surface area contributed by atoms with E-state index < -0.39 is 0 Å². The Bertz CT molecular complexity index is 1260. The zero-order valence-corrected chi connectivity index (χ0v) is 15.6. The zero-order valence-electron chi connectivity index (χ0n) is 15.6. The van der Waals surface area contributed by atoms with Gasteiger partial charge < -0.3 is 0 Å². The smallest absolute Gasteiger partial charge is 0.272 e. The summed E-state index contributed by atoms with van der Waals surface area (Å²) >= 11 is 0. The number of hydrogen-bond donors (Lipinski definition) is 1. The molecule has 0 radical (unpaired) electrons. The minimum atomic E-state index is -0.262. The average Bonchev–Trinajstić information content (AvgIpc) is 3.21. The lowest BCUT2D eigenvalue weighted by atomic mass is 10.1. The molecule has 1 aliphatic rings. The van der Waals surface area contributed by atoms with E-state index in [0.717, 1.165) is 18.5 Å². The SMILES string of the molecule is O=C(Cc1n[nH]c(=O)c2ccccc12)N1CCCn2nc(-c3ccccc3)nc21. The maximum Gasteiger partial charge on any atom is 0.272 e. The Kier molecular flexibility index (Phi) is 4.16. The topological polar surface area (TPSA) is 96.8 Å². The first-order chi connectivity index (χ1) is 14.2. The first-order valence-corrected chi connectivity index (χ1v) is 9.47. The second-order valence-electron chi connectivity index (χ2n) is 6.95. The van der Waals surface area contributed by atoms with Crippen molar-refractivity contribution in [3.05, 3.63) is 70.6 Å². The third kappa shape index (κ3) is 3.08. The van der Waals surface area contributed by atoms with E-state index in [-0.39, 0.29) is 17.9 Å². The van der Waals surface area contributed by atoms with E-state index in [1.54, 1.807) is 21.7 Å². The lowest BCUT2D eigenvalue weighted by molar-refractivity contribution is -0.118. The van der Waals surface area contributed by atoms with Crippen LogP contribution in [0.25, 0.3) is 22.2 Å². The van der Waals surface area contributed by atoms with Gasteiger partial charge in [0.2, 0.25) is 11.9 Å². The maximum atomic E-state index is 13.1. The Morgan fingerprint density at radius 2 is 1.76 bits per heavy atom. The lowest BCUT2D eigenvalue weighted by Crippen LogP contribution is -2.39. The van der Waals surface area contributed by atoms with Crippen molar-refractivity contribution in [2.45, 2.75) is 19.4 Å². The number of anilines is 1. The van der Waals surface area contributed by atoms with E-state index in [2.05, 4.69) is 20.3 Å². The molecular weight excluding hydrogens is 368 g/mol. The second kappa shape index (κ2) is 6.97. The molecule has 1 N–H and O–H groups in total. The fourth-order valence-corrected chi connectivity index (χ4v) is 3.65. The predicted octanol–water partition coefficient (Wildman–Crippen LogP) is 2.16. The molecule has 0 atom stereocenters. The molecule has 8 heteroatoms. The number of nitrogens with one attached hydrogen (secondary N) is 1. The largest absolute Gasteiger partial charge is 0.280 e. The number of carbonyl (C=O) groups is 1. The van der Waals surface area contributed by atoms with Crippen molar-refractivity contribution in [1.29, 1.82) is 0 Å². The molecule has 0 unspecified atom stereocenters. The summed E-state index contributed by atoms with van der Waals surface area (Å²) in [4.78, 5) is 31.4. The van der Waals surface area contributed by atoms with E-state index >= 15 is 0 Å². The normalized spacial score (nSPS) is 13.4. The van der Waals surface area contributed by atoms with Gasteiger partial charge in [0, 0.05) is 24.0 Å². The highest BCUT2D eigenvalue weighted by Gasteiger charge is 2.27. The monoisotopic (exact) mass is 386 g/mol. The highest BCUT2D eigenvalue weighted by molar-refractivity contribution is 5.96. The molecule has 3 heterocycles. The quantitative estimate of drug-likeness (QED) is 0.582. The standard InChI is InChI=1S/C21H18N6O2/c28-18(13-17-15-9-4-5-10-16(15)20(29)24-23-17)26-11-6-12-27-21(26)22-19(25-27)14-7-2-1-3-8-14/h1-5,7-10H,6,11-13H2,(H,24,29). The van der Waals surface area contributed by atoms with Gasteiger partial charge in [-0.2, -0.15) is 10.1 Å². The molecule has 1 aliphatic heterocycles. The Balaban J connectivity index is 1.48. The van der Waals surface area contributed by atoms with E-state index in [0.29, 0.717) is 34.8 Å². The molecule has 0 fully saturated rings. The van der Waals surface area contributed by atoms with Gasteiger partial charge in [-0.25, -0.2) is 9.78 Å². The summed E-state index contributed by atoms with van der Waals surface area (Å²) in [6.07, 6.45) is 0.876. The number of carbonyl (C=O) groups excluding carboxylic acids is 1. The number of aromatic nitrogens is 5. The van der Waals surface area contributed by atoms with Crippen LogP contribution < -0.4 is 10.5 Å². The van der Waals surface area contributed by atoms with Crippen molar-refractivity contribution >= 4 is 22.6 Å². The number of benzene rings is 2. The Morgan fingerprint density at radius 3 is 2.59 bits per heavy atom. The molecule has 1 amide bonds. The summed E-state index contributed by atoms with van der Waals surface area (Å²) in [5.74, 6) is 1.03. The minimum absolute atomic E-state index is 0.0742. The number of rotatable bonds is 3. The van der Waals surface area contributed by atoms with E-state index in [9.17, 15) is 9.59 Å². The van der Waals surface area contributed by atoms with Crippen molar-refractivity contribution in [3.63, 3.8) is 0 Å². The molecule has 144 valence electrons. The number of aromatic amines is 1. The maximum absolute atomic E-state index is 13.1. The third-order valence-electron chi connectivity index (χ3n) is 5.07. The highest BCUT2D eigenvalue weighted by atomic mass is 16.2. The number of H-pyrrole nitrogens is 1. The summed E-state index contributed by atoms with van der Waals surface area (Å²) in [7, 11) is 0. The molecule has 4 aromatic rings. The number of nitrogens with zero attached hydrogens (tertiary/aromatic N) is 5. The second-order valence-corrected chi connectivity index (χ2v) is 6.95. The van der Waals surface area contributed by atoms with Crippen LogP contribution in [0.4, 0.5) is 5.95 Å². The Labute approximate surface area is 165 Å². The minimum Gasteiger partial charge on any atom is -0.280 e. The zero-order chi connectivity index (χ0) is 19.8. The molecule has 0 saturated heterocycles. The number of hydrogen-bond acceptors (Lipinski definition) is 5. The Morgan fingerprint density at radius 1 is 1.00 bits per heavy atom. The fourth-order valence-electron chi connectivity index (χ4n) is 3.65. The van der Waals surface area contributed by atoms with Crippen molar-refractivity contribution in [1.82, 2.24) is 25.0 Å². The van der Waals surface area contributed by atoms with Gasteiger partial charge >= 0.3 is 0 Å². The van der Waals surface area contributed by atoms with Crippen molar-refractivity contribution in [2.75, 3.05) is 11.4 Å². The molecular formula is C21H18N6O2. The van der Waals surface area contributed by atoms with Gasteiger partial charge in [0.15, 0.2) is 5.82 Å². The van der Waals surface area contributed by atoms with Crippen LogP contribution in [0.5, 0.6) is 0 Å². The van der Waals surface area contributed by atoms with Crippen LogP contribution in [0.3, 0.4) is 0 Å². The predicted molar refractivity (Wildman–Crippen MR) is 108 cm³/mol. The first kappa shape index (κ1) is 17.3. The molecule has 8 nitrogen and oxygen atoms in total. The summed E-state index contributed by atoms with van der Waals surface area (Å²) in [5, 5.41) is 12.4. The van der Waals surface area contributed by atoms with Gasteiger partial charge in [-0.1, -0.05) is 48.5 Å². The van der Waals surface area contributed by atoms with Gasteiger partial charge in [0.25, 0.3) is 5.56 Å². The summed E-state index contributed by atoms with van der Waals surface area (Å²) in [5.41, 5.74) is 1.20. The van der Waals surface area contributed by atoms with Crippen molar-refractivity contribution < 1.29 is 4.79 Å². The lowest BCUT2D eigenvalue weighted by Gasteiger charge is -2.25. The first-order valence-electron chi connectivity index (χ1n) is 9.47. The Hall–Kier alpha value is -3.81. The number of fused-ring (bicyclic) bond motifs is 2. The summed E-state index contributed by atoms with van der Waals surface area (Å²) in [6.45, 7) is 1.30. The fraction of sp³-hybridized carbons (Fsp3) is 0.190. The molecule has 0 saturated carbocycles. The van der Waals surface area contributed by atoms with Crippen LogP contribution in [0.15, 0.2) is 59.4 Å². The molecule has 5 rings (SSSR count). The van der Waals surface area contributed by atoms with Gasteiger partial charge in [-0.15, -0.1) is 5.10 Å². The van der Waals surface area contributed by atoms with Crippen molar-refractivity contribution in [3.8, 4) is 11.4 Å². The highest BCUT2D eigenvalue weighted by Crippen LogP contribution is 2.24. The van der Waals surface area contributed by atoms with Crippen molar-refractivity contribution in [2.24, 2.45) is 0 Å². The average molecular weight is 386 g/mol. The van der Waals surface area contributed by atoms with Crippen LogP contribution >= 0.6 is 0 Å². The summed E-state index contributed by atoms with van der Waals surface area (Å²) in [6, 6.07) is 16.9. The van der Waals surface area contributed by atoms with Crippen LogP contribution in [0.2, 0.25) is 0 Å². The van der Waals surface area contributed by atoms with Crippen LogP contribution in [0, 0.1) is 0 Å². The molecule has 0 aliphatic carbocycles. The van der Waals surface area contributed by atoms with Crippen LogP contribution in [-0.2, 0) is 17.8 Å². The molecule has 0 bridgehead atoms. The molecule has 29 heavy (non-hydrogen) atoms. The van der Waals surface area contributed by atoms with Gasteiger partial charge in [0.1, 0.15) is 0 Å². The molecule has 0 spiro atoms. The van der Waals surface area contributed by atoms with Crippen LogP contribution in [0.1, 0.15) is 12.1 Å². The van der Waals surface area contributed by atoms with Gasteiger partial charge in [0.05, 0.1) is 17.5 Å². The molecule has 2 aromatic heterocycles. The van der Waals surface area contributed by atoms with E-state index in [1.807, 2.05) is 42.5 Å². The van der Waals surface area contributed by atoms with Gasteiger partial charge in [-0.05, 0) is 12.5 Å². The van der Waals surface area contributed by atoms with Crippen LogP contribution in [-0.4, -0.2) is 37.4 Å². The molecule has 2 aromatic carbocycles. The van der Waals surface area contributed by atoms with Gasteiger partial charge in [-0.3, -0.25) is 14.5 Å². The summed E-state index contributed by atoms with van der Waals surface area (Å²) < 4.78 is 1.78. The number of aryl methyl sites for hydroxylation is 1. The number of amides is 1. The third-order valence-corrected chi connectivity index (χ3v) is 5.07. The van der Waals surface area contributed by atoms with E-state index in [1.165, 1.54) is 0 Å². The van der Waals surface area contributed by atoms with E-state index in [4.69, 9.17) is 0 Å².